The van der Waals surface area contributed by atoms with Gasteiger partial charge >= 0.3 is 0 Å². The van der Waals surface area contributed by atoms with Gasteiger partial charge in [-0.05, 0) is 47.8 Å². The zero-order valence-electron chi connectivity index (χ0n) is 10.7. The third-order valence-electron chi connectivity index (χ3n) is 3.49. The van der Waals surface area contributed by atoms with E-state index in [9.17, 15) is 0 Å². The van der Waals surface area contributed by atoms with E-state index in [1.54, 1.807) is 0 Å². The summed E-state index contributed by atoms with van der Waals surface area (Å²) in [7, 11) is 0. The maximum absolute atomic E-state index is 6.25. The Labute approximate surface area is 125 Å². The van der Waals surface area contributed by atoms with Crippen LogP contribution in [0.3, 0.4) is 0 Å². The maximum atomic E-state index is 6.25. The Kier molecular flexibility index (Phi) is 3.31. The second-order valence-electron chi connectivity index (χ2n) is 4.85. The molecule has 1 aliphatic carbocycles. The van der Waals surface area contributed by atoms with Crippen LogP contribution in [0.15, 0.2) is 22.7 Å². The zero-order valence-corrected chi connectivity index (χ0v) is 13.0. The predicted molar refractivity (Wildman–Crippen MR) is 82.4 cm³/mol. The average molecular weight is 341 g/mol. The highest BCUT2D eigenvalue weighted by Crippen LogP contribution is 2.42. The minimum Gasteiger partial charge on any atom is -0.383 e. The fourth-order valence-corrected chi connectivity index (χ4v) is 2.75. The molecule has 0 unspecified atom stereocenters. The molecule has 1 heterocycles. The van der Waals surface area contributed by atoms with Crippen molar-refractivity contribution in [3.63, 3.8) is 0 Å². The molecule has 1 saturated carbocycles. The van der Waals surface area contributed by atoms with Crippen molar-refractivity contribution < 1.29 is 0 Å². The van der Waals surface area contributed by atoms with Gasteiger partial charge in [-0.25, -0.2) is 4.98 Å². The van der Waals surface area contributed by atoms with E-state index in [0.717, 1.165) is 33.9 Å². The molecule has 3 nitrogen and oxygen atoms in total. The molecule has 1 aliphatic rings. The number of halogens is 2. The molecule has 0 saturated heterocycles. The first-order chi connectivity index (χ1) is 9.11. The van der Waals surface area contributed by atoms with Gasteiger partial charge in [0, 0.05) is 22.5 Å². The van der Waals surface area contributed by atoms with Crippen LogP contribution in [-0.4, -0.2) is 9.55 Å². The van der Waals surface area contributed by atoms with Crippen LogP contribution in [0.5, 0.6) is 0 Å². The standard InChI is InChI=1S/C14H15BrClN3/c1-2-19-13(17)12(18-14(19)8-3-4-8)9-5-6-10(15)11(16)7-9/h5-8H,2-4,17H2,1H3. The summed E-state index contributed by atoms with van der Waals surface area (Å²) in [6.45, 7) is 2.96. The van der Waals surface area contributed by atoms with Crippen LogP contribution < -0.4 is 5.73 Å². The van der Waals surface area contributed by atoms with E-state index in [4.69, 9.17) is 22.3 Å². The van der Waals surface area contributed by atoms with Crippen molar-refractivity contribution in [2.24, 2.45) is 0 Å². The summed E-state index contributed by atoms with van der Waals surface area (Å²) in [4.78, 5) is 4.75. The SMILES string of the molecule is CCn1c(C2CC2)nc(-c2ccc(Br)c(Cl)c2)c1N. The molecule has 2 aromatic rings. The molecule has 5 heteroatoms. The van der Waals surface area contributed by atoms with Crippen LogP contribution in [0.2, 0.25) is 5.02 Å². The minimum atomic E-state index is 0.585. The number of nitrogens with two attached hydrogens (primary N) is 1. The smallest absolute Gasteiger partial charge is 0.131 e. The summed E-state index contributed by atoms with van der Waals surface area (Å²) in [6, 6.07) is 5.82. The summed E-state index contributed by atoms with van der Waals surface area (Å²) < 4.78 is 3.00. The third-order valence-corrected chi connectivity index (χ3v) is 4.72. The molecule has 19 heavy (non-hydrogen) atoms. The first kappa shape index (κ1) is 13.0. The van der Waals surface area contributed by atoms with E-state index in [0.29, 0.717) is 10.9 Å². The lowest BCUT2D eigenvalue weighted by atomic mass is 10.1. The monoisotopic (exact) mass is 339 g/mol. The summed E-state index contributed by atoms with van der Waals surface area (Å²) in [5.41, 5.74) is 8.06. The van der Waals surface area contributed by atoms with Crippen molar-refractivity contribution in [1.82, 2.24) is 9.55 Å². The first-order valence-electron chi connectivity index (χ1n) is 6.43. The van der Waals surface area contributed by atoms with Crippen LogP contribution in [-0.2, 0) is 6.54 Å². The highest BCUT2D eigenvalue weighted by molar-refractivity contribution is 9.10. The van der Waals surface area contributed by atoms with E-state index < -0.39 is 0 Å². The molecule has 3 rings (SSSR count). The van der Waals surface area contributed by atoms with Crippen LogP contribution in [0.4, 0.5) is 5.82 Å². The lowest BCUT2D eigenvalue weighted by Gasteiger charge is -2.05. The molecule has 0 aliphatic heterocycles. The Morgan fingerprint density at radius 2 is 2.21 bits per heavy atom. The van der Waals surface area contributed by atoms with Crippen LogP contribution in [0, 0.1) is 0 Å². The van der Waals surface area contributed by atoms with Gasteiger partial charge in [0.15, 0.2) is 0 Å². The highest BCUT2D eigenvalue weighted by Gasteiger charge is 2.30. The third kappa shape index (κ3) is 2.28. The van der Waals surface area contributed by atoms with Crippen molar-refractivity contribution in [2.75, 3.05) is 5.73 Å². The van der Waals surface area contributed by atoms with Gasteiger partial charge < -0.3 is 10.3 Å². The molecule has 2 N–H and O–H groups in total. The summed E-state index contributed by atoms with van der Waals surface area (Å²) in [5, 5.41) is 0.677. The number of imidazole rings is 1. The average Bonchev–Trinajstić information content (AvgIpc) is 3.17. The Hall–Kier alpha value is -1.00. The highest BCUT2D eigenvalue weighted by atomic mass is 79.9. The zero-order chi connectivity index (χ0) is 13.6. The lowest BCUT2D eigenvalue weighted by Crippen LogP contribution is -2.04. The van der Waals surface area contributed by atoms with Gasteiger partial charge in [0.2, 0.25) is 0 Å². The Morgan fingerprint density at radius 1 is 1.47 bits per heavy atom. The summed E-state index contributed by atoms with van der Waals surface area (Å²) >= 11 is 9.55. The molecular weight excluding hydrogens is 326 g/mol. The molecule has 100 valence electrons. The van der Waals surface area contributed by atoms with Crippen molar-refractivity contribution in [3.05, 3.63) is 33.5 Å². The fraction of sp³-hybridized carbons (Fsp3) is 0.357. The Bertz CT molecular complexity index is 632. The van der Waals surface area contributed by atoms with E-state index in [1.807, 2.05) is 18.2 Å². The first-order valence-corrected chi connectivity index (χ1v) is 7.60. The van der Waals surface area contributed by atoms with Crippen molar-refractivity contribution in [2.45, 2.75) is 32.2 Å². The van der Waals surface area contributed by atoms with Gasteiger partial charge in [0.25, 0.3) is 0 Å². The molecule has 0 radical (unpaired) electrons. The Morgan fingerprint density at radius 3 is 2.79 bits per heavy atom. The lowest BCUT2D eigenvalue weighted by molar-refractivity contribution is 0.708. The second kappa shape index (κ2) is 4.84. The molecule has 0 spiro atoms. The van der Waals surface area contributed by atoms with Gasteiger partial charge in [-0.3, -0.25) is 0 Å². The van der Waals surface area contributed by atoms with Gasteiger partial charge in [0.05, 0.1) is 5.02 Å². The van der Waals surface area contributed by atoms with Crippen molar-refractivity contribution >= 4 is 33.3 Å². The summed E-state index contributed by atoms with van der Waals surface area (Å²) in [6.07, 6.45) is 2.44. The van der Waals surface area contributed by atoms with Crippen molar-refractivity contribution in [1.29, 1.82) is 0 Å². The van der Waals surface area contributed by atoms with E-state index in [-0.39, 0.29) is 0 Å². The molecule has 0 atom stereocenters. The van der Waals surface area contributed by atoms with Gasteiger partial charge in [-0.1, -0.05) is 17.7 Å². The fourth-order valence-electron chi connectivity index (χ4n) is 2.32. The van der Waals surface area contributed by atoms with Crippen molar-refractivity contribution in [3.8, 4) is 11.3 Å². The normalized spacial score (nSPS) is 14.9. The summed E-state index contributed by atoms with van der Waals surface area (Å²) in [5.74, 6) is 2.44. The van der Waals surface area contributed by atoms with E-state index in [1.165, 1.54) is 12.8 Å². The van der Waals surface area contributed by atoms with Crippen LogP contribution in [0.1, 0.15) is 31.5 Å². The molecule has 0 amide bonds. The molecule has 1 aromatic heterocycles. The molecule has 1 aromatic carbocycles. The van der Waals surface area contributed by atoms with Gasteiger partial charge in [-0.2, -0.15) is 0 Å². The number of hydrogen-bond donors (Lipinski definition) is 1. The number of anilines is 1. The number of aromatic nitrogens is 2. The van der Waals surface area contributed by atoms with Crippen LogP contribution >= 0.6 is 27.5 Å². The minimum absolute atomic E-state index is 0.585. The van der Waals surface area contributed by atoms with Crippen LogP contribution in [0.25, 0.3) is 11.3 Å². The topological polar surface area (TPSA) is 43.8 Å². The number of benzene rings is 1. The number of hydrogen-bond acceptors (Lipinski definition) is 2. The second-order valence-corrected chi connectivity index (χ2v) is 6.11. The number of rotatable bonds is 3. The number of nitrogens with zero attached hydrogens (tertiary/aromatic N) is 2. The van der Waals surface area contributed by atoms with Gasteiger partial charge in [-0.15, -0.1) is 0 Å². The van der Waals surface area contributed by atoms with E-state index in [2.05, 4.69) is 27.4 Å². The largest absolute Gasteiger partial charge is 0.383 e. The molecule has 1 fully saturated rings. The van der Waals surface area contributed by atoms with Gasteiger partial charge in [0.1, 0.15) is 17.3 Å². The molecule has 0 bridgehead atoms. The Balaban J connectivity index is 2.11. The molecular formula is C14H15BrClN3. The van der Waals surface area contributed by atoms with E-state index >= 15 is 0 Å². The number of nitrogen functional groups attached to an aromatic ring is 1. The quantitative estimate of drug-likeness (QED) is 0.897. The predicted octanol–water partition coefficient (Wildman–Crippen LogP) is 4.45. The maximum Gasteiger partial charge on any atom is 0.131 e.